The normalized spacial score (nSPS) is 13.6. The largest absolute Gasteiger partial charge is 0.438 e. The third kappa shape index (κ3) is 7.28. The van der Waals surface area contributed by atoms with Crippen LogP contribution in [0.1, 0.15) is 22.3 Å². The summed E-state index contributed by atoms with van der Waals surface area (Å²) in [5.41, 5.74) is 4.13. The van der Waals surface area contributed by atoms with Crippen molar-refractivity contribution in [1.29, 1.82) is 10.5 Å². The van der Waals surface area contributed by atoms with Crippen molar-refractivity contribution >= 4 is 23.5 Å². The average Bonchev–Trinajstić information content (AvgIpc) is 2.90. The van der Waals surface area contributed by atoms with Crippen molar-refractivity contribution in [2.75, 3.05) is 50.0 Å². The van der Waals surface area contributed by atoms with Gasteiger partial charge in [0, 0.05) is 44.0 Å². The summed E-state index contributed by atoms with van der Waals surface area (Å²) in [5.74, 6) is 2.11. The molecule has 1 fully saturated rings. The van der Waals surface area contributed by atoms with Crippen LogP contribution in [0.2, 0.25) is 0 Å². The quantitative estimate of drug-likeness (QED) is 0.404. The van der Waals surface area contributed by atoms with Crippen LogP contribution in [0.3, 0.4) is 0 Å². The number of nitriles is 2. The van der Waals surface area contributed by atoms with Crippen LogP contribution in [0, 0.1) is 36.5 Å². The van der Waals surface area contributed by atoms with Gasteiger partial charge < -0.3 is 20.1 Å². The molecule has 0 aliphatic carbocycles. The molecule has 9 nitrogen and oxygen atoms in total. The highest BCUT2D eigenvalue weighted by atomic mass is 16.5. The molecule has 0 spiro atoms. The highest BCUT2D eigenvalue weighted by Crippen LogP contribution is 2.31. The molecule has 2 heterocycles. The first-order valence-corrected chi connectivity index (χ1v) is 12.1. The molecule has 188 valence electrons. The number of aromatic nitrogens is 2. The lowest BCUT2D eigenvalue weighted by atomic mass is 10.1. The maximum atomic E-state index is 9.06. The number of hydrogen-bond donors (Lipinski definition) is 2. The molecule has 37 heavy (non-hydrogen) atoms. The molecule has 1 saturated heterocycles. The predicted octanol–water partition coefficient (Wildman–Crippen LogP) is 4.78. The van der Waals surface area contributed by atoms with Gasteiger partial charge in [-0.25, -0.2) is 0 Å². The third-order valence-corrected chi connectivity index (χ3v) is 5.85. The number of morpholine rings is 1. The molecule has 2 N–H and O–H groups in total. The Bertz CT molecular complexity index is 1310. The molecule has 9 heteroatoms. The van der Waals surface area contributed by atoms with Crippen molar-refractivity contribution in [3.8, 4) is 23.8 Å². The van der Waals surface area contributed by atoms with Crippen LogP contribution in [-0.2, 0) is 4.74 Å². The van der Waals surface area contributed by atoms with Crippen molar-refractivity contribution in [2.45, 2.75) is 13.8 Å². The van der Waals surface area contributed by atoms with E-state index in [1.165, 1.54) is 6.08 Å². The molecule has 0 amide bonds. The van der Waals surface area contributed by atoms with Gasteiger partial charge in [-0.2, -0.15) is 20.5 Å². The number of benzene rings is 2. The number of nitrogens with one attached hydrogen (secondary N) is 2. The minimum Gasteiger partial charge on any atom is -0.438 e. The van der Waals surface area contributed by atoms with Gasteiger partial charge in [0.15, 0.2) is 0 Å². The molecule has 1 aliphatic heterocycles. The van der Waals surface area contributed by atoms with E-state index in [1.807, 2.05) is 44.2 Å². The highest BCUT2D eigenvalue weighted by molar-refractivity contribution is 5.59. The Morgan fingerprint density at radius 3 is 2.46 bits per heavy atom. The molecule has 4 rings (SSSR count). The summed E-state index contributed by atoms with van der Waals surface area (Å²) in [4.78, 5) is 11.6. The fourth-order valence-electron chi connectivity index (χ4n) is 4.03. The Labute approximate surface area is 217 Å². The number of allylic oxidation sites excluding steroid dienone is 1. The molecule has 0 unspecified atom stereocenters. The zero-order valence-electron chi connectivity index (χ0n) is 21.0. The summed E-state index contributed by atoms with van der Waals surface area (Å²) in [6.45, 7) is 8.87. The minimum atomic E-state index is 0.375. The Morgan fingerprint density at radius 1 is 1.05 bits per heavy atom. The summed E-state index contributed by atoms with van der Waals surface area (Å²) < 4.78 is 11.7. The molecule has 0 radical (unpaired) electrons. The summed E-state index contributed by atoms with van der Waals surface area (Å²) in [6, 6.07) is 16.9. The lowest BCUT2D eigenvalue weighted by Gasteiger charge is -2.26. The second-order valence-electron chi connectivity index (χ2n) is 8.66. The maximum Gasteiger partial charge on any atom is 0.232 e. The zero-order valence-corrected chi connectivity index (χ0v) is 21.0. The van der Waals surface area contributed by atoms with Gasteiger partial charge in [0.25, 0.3) is 0 Å². The van der Waals surface area contributed by atoms with Gasteiger partial charge in [0.2, 0.25) is 11.8 Å². The number of rotatable bonds is 9. The second kappa shape index (κ2) is 12.5. The maximum absolute atomic E-state index is 9.06. The Balaban J connectivity index is 1.56. The van der Waals surface area contributed by atoms with Crippen LogP contribution in [0.4, 0.5) is 17.5 Å². The minimum absolute atomic E-state index is 0.375. The van der Waals surface area contributed by atoms with Gasteiger partial charge in [-0.05, 0) is 73.0 Å². The summed E-state index contributed by atoms with van der Waals surface area (Å²) in [5, 5.41) is 24.5. The van der Waals surface area contributed by atoms with E-state index in [0.717, 1.165) is 55.2 Å². The second-order valence-corrected chi connectivity index (χ2v) is 8.66. The van der Waals surface area contributed by atoms with Gasteiger partial charge >= 0.3 is 0 Å². The molecule has 1 aromatic heterocycles. The van der Waals surface area contributed by atoms with E-state index in [9.17, 15) is 0 Å². The number of ether oxygens (including phenoxy) is 2. The number of anilines is 3. The van der Waals surface area contributed by atoms with Gasteiger partial charge in [-0.15, -0.1) is 0 Å². The van der Waals surface area contributed by atoms with E-state index >= 15 is 0 Å². The molecule has 3 aromatic rings. The SMILES string of the molecule is Cc1cc(/C=C/C#N)cc(C)c1Oc1cc(NCCN2CCOCC2)nc(Nc2ccc(C#N)cc2)n1. The van der Waals surface area contributed by atoms with Gasteiger partial charge in [0.1, 0.15) is 11.6 Å². The Morgan fingerprint density at radius 2 is 1.78 bits per heavy atom. The van der Waals surface area contributed by atoms with Crippen LogP contribution < -0.4 is 15.4 Å². The molecule has 0 bridgehead atoms. The van der Waals surface area contributed by atoms with Gasteiger partial charge in [-0.3, -0.25) is 4.90 Å². The number of aryl methyl sites for hydroxylation is 2. The van der Waals surface area contributed by atoms with E-state index in [4.69, 9.17) is 20.0 Å². The molecule has 0 atom stereocenters. The molecule has 1 aliphatic rings. The van der Waals surface area contributed by atoms with Gasteiger partial charge in [0.05, 0.1) is 30.9 Å². The average molecular weight is 496 g/mol. The fourth-order valence-corrected chi connectivity index (χ4v) is 4.03. The van der Waals surface area contributed by atoms with Crippen LogP contribution in [-0.4, -0.2) is 54.3 Å². The summed E-state index contributed by atoms with van der Waals surface area (Å²) in [7, 11) is 0. The smallest absolute Gasteiger partial charge is 0.232 e. The Kier molecular flexibility index (Phi) is 8.66. The third-order valence-electron chi connectivity index (χ3n) is 5.85. The first-order chi connectivity index (χ1) is 18.0. The van der Waals surface area contributed by atoms with Crippen LogP contribution >= 0.6 is 0 Å². The molecule has 0 saturated carbocycles. The molecule has 2 aromatic carbocycles. The molecular formula is C28H29N7O2. The van der Waals surface area contributed by atoms with Gasteiger partial charge in [-0.1, -0.05) is 0 Å². The van der Waals surface area contributed by atoms with E-state index < -0.39 is 0 Å². The topological polar surface area (TPSA) is 119 Å². The summed E-state index contributed by atoms with van der Waals surface area (Å²) in [6.07, 6.45) is 3.22. The van der Waals surface area contributed by atoms with Crippen LogP contribution in [0.25, 0.3) is 6.08 Å². The predicted molar refractivity (Wildman–Crippen MR) is 143 cm³/mol. The Hall–Kier alpha value is -4.44. The first-order valence-electron chi connectivity index (χ1n) is 12.1. The van der Waals surface area contributed by atoms with E-state index in [1.54, 1.807) is 24.3 Å². The van der Waals surface area contributed by atoms with Crippen molar-refractivity contribution in [2.24, 2.45) is 0 Å². The van der Waals surface area contributed by atoms with Crippen molar-refractivity contribution in [3.63, 3.8) is 0 Å². The zero-order chi connectivity index (χ0) is 26.0. The van der Waals surface area contributed by atoms with E-state index in [-0.39, 0.29) is 0 Å². The number of nitrogens with zero attached hydrogens (tertiary/aromatic N) is 5. The summed E-state index contributed by atoms with van der Waals surface area (Å²) >= 11 is 0. The lowest BCUT2D eigenvalue weighted by molar-refractivity contribution is 0.0398. The standard InChI is InChI=1S/C28H29N7O2/c1-20-16-23(4-3-9-29)17-21(2)27(20)37-26-18-25(31-10-11-35-12-14-36-15-13-35)33-28(34-26)32-24-7-5-22(19-30)6-8-24/h3-8,16-18H,10-15H2,1-2H3,(H2,31,32,33,34)/b4-3+. The lowest BCUT2D eigenvalue weighted by Crippen LogP contribution is -2.39. The van der Waals surface area contributed by atoms with Crippen molar-refractivity contribution in [3.05, 3.63) is 70.8 Å². The van der Waals surface area contributed by atoms with Crippen LogP contribution in [0.15, 0.2) is 48.5 Å². The van der Waals surface area contributed by atoms with E-state index in [2.05, 4.69) is 31.6 Å². The monoisotopic (exact) mass is 495 g/mol. The number of hydrogen-bond acceptors (Lipinski definition) is 9. The molecular weight excluding hydrogens is 466 g/mol. The highest BCUT2D eigenvalue weighted by Gasteiger charge is 2.13. The van der Waals surface area contributed by atoms with Crippen LogP contribution in [0.5, 0.6) is 11.6 Å². The van der Waals surface area contributed by atoms with E-state index in [0.29, 0.717) is 35.5 Å². The fraction of sp³-hybridized carbons (Fsp3) is 0.286. The first kappa shape index (κ1) is 25.6. The van der Waals surface area contributed by atoms with Crippen molar-refractivity contribution < 1.29 is 9.47 Å². The van der Waals surface area contributed by atoms with Crippen molar-refractivity contribution in [1.82, 2.24) is 14.9 Å².